The van der Waals surface area contributed by atoms with Crippen LogP contribution < -0.4 is 0 Å². The molecule has 0 bridgehead atoms. The van der Waals surface area contributed by atoms with Crippen molar-refractivity contribution in [2.24, 2.45) is 0 Å². The number of para-hydroxylation sites is 3. The molecule has 7 nitrogen and oxygen atoms in total. The number of benzene rings is 10. The third kappa shape index (κ3) is 5.05. The Morgan fingerprint density at radius 1 is 0.318 bits per heavy atom. The van der Waals surface area contributed by atoms with Crippen molar-refractivity contribution in [2.75, 3.05) is 0 Å². The summed E-state index contributed by atoms with van der Waals surface area (Å²) in [6.45, 7) is 0. The van der Waals surface area contributed by atoms with Crippen LogP contribution in [0.2, 0.25) is 0 Å². The number of nitrogens with zero attached hydrogens (tertiary/aromatic N) is 4. The van der Waals surface area contributed by atoms with E-state index in [1.165, 1.54) is 32.3 Å². The van der Waals surface area contributed by atoms with Gasteiger partial charge in [-0.15, -0.1) is 0 Å². The van der Waals surface area contributed by atoms with E-state index < -0.39 is 0 Å². The van der Waals surface area contributed by atoms with Gasteiger partial charge < -0.3 is 17.8 Å². The van der Waals surface area contributed by atoms with Gasteiger partial charge in [0.25, 0.3) is 0 Å². The van der Waals surface area contributed by atoms with Gasteiger partial charge in [-0.3, -0.25) is 0 Å². The van der Waals surface area contributed by atoms with E-state index in [1.807, 2.05) is 72.8 Å². The van der Waals surface area contributed by atoms with Crippen LogP contribution in [0.1, 0.15) is 0 Å². The van der Waals surface area contributed by atoms with Crippen molar-refractivity contribution >= 4 is 109 Å². The lowest BCUT2D eigenvalue weighted by molar-refractivity contribution is 0.668. The molecule has 5 aromatic heterocycles. The highest BCUT2D eigenvalue weighted by molar-refractivity contribution is 6.24. The second-order valence-corrected chi connectivity index (χ2v) is 17.1. The molecule has 0 radical (unpaired) electrons. The van der Waals surface area contributed by atoms with Crippen molar-refractivity contribution in [1.82, 2.24) is 19.5 Å². The molecular formula is C59H32N4O3. The second kappa shape index (κ2) is 13.2. The molecule has 0 spiro atoms. The minimum atomic E-state index is 0.499. The number of rotatable bonds is 4. The standard InChI is InChI=1S/C59H32N4O3/c1-2-13-35-32-48-45(29-34(35)12-1)54-38-14-4-3-11-33(38)21-25-46(54)63(48)47-26-24-42(56-55(47)41-17-7-10-20-51(41)66-56)59-61-57(36-22-27-52-43(30-36)39-15-5-8-18-49(39)64-52)60-58(62-59)37-23-28-53-44(31-37)40-16-6-9-19-50(40)65-53/h1-32H. The van der Waals surface area contributed by atoms with E-state index in [1.54, 1.807) is 0 Å². The fraction of sp³-hybridized carbons (Fsp3) is 0. The maximum atomic E-state index is 6.98. The van der Waals surface area contributed by atoms with Crippen LogP contribution in [0.4, 0.5) is 0 Å². The van der Waals surface area contributed by atoms with E-state index in [0.29, 0.717) is 23.1 Å². The Bertz CT molecular complexity index is 4420. The van der Waals surface area contributed by atoms with E-state index in [0.717, 1.165) is 93.6 Å². The average Bonchev–Trinajstić information content (AvgIpc) is 4.14. The lowest BCUT2D eigenvalue weighted by Crippen LogP contribution is -2.01. The Morgan fingerprint density at radius 3 is 1.52 bits per heavy atom. The summed E-state index contributed by atoms with van der Waals surface area (Å²) in [6.07, 6.45) is 0. The number of aromatic nitrogens is 4. The molecule has 0 N–H and O–H groups in total. The van der Waals surface area contributed by atoms with Crippen molar-refractivity contribution in [3.8, 4) is 39.9 Å². The van der Waals surface area contributed by atoms with Crippen LogP contribution in [0.25, 0.3) is 149 Å². The molecule has 66 heavy (non-hydrogen) atoms. The van der Waals surface area contributed by atoms with Crippen molar-refractivity contribution < 1.29 is 13.3 Å². The predicted octanol–water partition coefficient (Wildman–Crippen LogP) is 16.0. The first-order valence-electron chi connectivity index (χ1n) is 22.1. The molecule has 0 unspecified atom stereocenters. The van der Waals surface area contributed by atoms with Crippen LogP contribution >= 0.6 is 0 Å². The van der Waals surface area contributed by atoms with Gasteiger partial charge in [0.1, 0.15) is 33.5 Å². The monoisotopic (exact) mass is 844 g/mol. The normalized spacial score (nSPS) is 12.2. The SMILES string of the molecule is c1ccc2cc3c(cc2c1)c1c2ccccc2ccc1n3-c1ccc(-c2nc(-c3ccc4oc5ccccc5c4c3)nc(-c3ccc4oc5ccccc5c4c3)n2)c2oc3ccccc3c12. The quantitative estimate of drug-likeness (QED) is 0.175. The maximum Gasteiger partial charge on any atom is 0.167 e. The first-order chi connectivity index (χ1) is 32.7. The van der Waals surface area contributed by atoms with E-state index >= 15 is 0 Å². The van der Waals surface area contributed by atoms with Crippen molar-refractivity contribution in [3.63, 3.8) is 0 Å². The maximum absolute atomic E-state index is 6.98. The smallest absolute Gasteiger partial charge is 0.167 e. The number of fused-ring (bicyclic) bond motifs is 15. The number of furan rings is 3. The van der Waals surface area contributed by atoms with Gasteiger partial charge in [0, 0.05) is 48.8 Å². The van der Waals surface area contributed by atoms with E-state index in [4.69, 9.17) is 28.2 Å². The molecule has 0 saturated carbocycles. The fourth-order valence-electron chi connectivity index (χ4n) is 10.4. The second-order valence-electron chi connectivity index (χ2n) is 17.1. The summed E-state index contributed by atoms with van der Waals surface area (Å²) < 4.78 is 21.9. The van der Waals surface area contributed by atoms with Gasteiger partial charge >= 0.3 is 0 Å². The zero-order valence-electron chi connectivity index (χ0n) is 35.0. The summed E-state index contributed by atoms with van der Waals surface area (Å²) in [6, 6.07) is 67.5. The summed E-state index contributed by atoms with van der Waals surface area (Å²) in [4.78, 5) is 15.9. The molecule has 15 aromatic rings. The van der Waals surface area contributed by atoms with Gasteiger partial charge in [-0.05, 0) is 106 Å². The first kappa shape index (κ1) is 35.4. The van der Waals surface area contributed by atoms with E-state index in [9.17, 15) is 0 Å². The van der Waals surface area contributed by atoms with Crippen LogP contribution in [0.5, 0.6) is 0 Å². The van der Waals surface area contributed by atoms with Crippen molar-refractivity contribution in [2.45, 2.75) is 0 Å². The summed E-state index contributed by atoms with van der Waals surface area (Å²) in [5, 5.41) is 13.2. The Balaban J connectivity index is 1.02. The summed E-state index contributed by atoms with van der Waals surface area (Å²) >= 11 is 0. The fourth-order valence-corrected chi connectivity index (χ4v) is 10.4. The van der Waals surface area contributed by atoms with Gasteiger partial charge in [-0.1, -0.05) is 109 Å². The highest BCUT2D eigenvalue weighted by Crippen LogP contribution is 2.45. The number of hydrogen-bond acceptors (Lipinski definition) is 6. The first-order valence-corrected chi connectivity index (χ1v) is 22.1. The Hall–Kier alpha value is -9.07. The summed E-state index contributed by atoms with van der Waals surface area (Å²) in [5.74, 6) is 1.57. The summed E-state index contributed by atoms with van der Waals surface area (Å²) in [7, 11) is 0. The summed E-state index contributed by atoms with van der Waals surface area (Å²) in [5.41, 5.74) is 10.4. The highest BCUT2D eigenvalue weighted by Gasteiger charge is 2.24. The van der Waals surface area contributed by atoms with E-state index in [-0.39, 0.29) is 0 Å². The molecule has 5 heterocycles. The van der Waals surface area contributed by atoms with Gasteiger partial charge in [-0.25, -0.2) is 15.0 Å². The van der Waals surface area contributed by atoms with Crippen LogP contribution in [-0.2, 0) is 0 Å². The molecule has 0 saturated heterocycles. The van der Waals surface area contributed by atoms with Gasteiger partial charge in [0.15, 0.2) is 17.5 Å². The molecule has 0 aliphatic carbocycles. The average molecular weight is 845 g/mol. The molecular weight excluding hydrogens is 813 g/mol. The van der Waals surface area contributed by atoms with Crippen molar-refractivity contribution in [1.29, 1.82) is 0 Å². The lowest BCUT2D eigenvalue weighted by Gasteiger charge is -2.13. The Labute approximate surface area is 374 Å². The zero-order chi connectivity index (χ0) is 43.0. The molecule has 0 atom stereocenters. The lowest BCUT2D eigenvalue weighted by atomic mass is 10.0. The Morgan fingerprint density at radius 2 is 0.848 bits per heavy atom. The molecule has 0 fully saturated rings. The molecule has 0 aliphatic heterocycles. The van der Waals surface area contributed by atoms with Crippen LogP contribution in [0.3, 0.4) is 0 Å². The zero-order valence-corrected chi connectivity index (χ0v) is 35.0. The van der Waals surface area contributed by atoms with Gasteiger partial charge in [0.2, 0.25) is 0 Å². The molecule has 306 valence electrons. The third-order valence-electron chi connectivity index (χ3n) is 13.4. The van der Waals surface area contributed by atoms with Crippen molar-refractivity contribution in [3.05, 3.63) is 194 Å². The molecule has 10 aromatic carbocycles. The van der Waals surface area contributed by atoms with Gasteiger partial charge in [-0.2, -0.15) is 0 Å². The van der Waals surface area contributed by atoms with E-state index in [2.05, 4.69) is 126 Å². The minimum absolute atomic E-state index is 0.499. The molecule has 0 aliphatic rings. The van der Waals surface area contributed by atoms with Gasteiger partial charge in [0.05, 0.1) is 27.7 Å². The largest absolute Gasteiger partial charge is 0.456 e. The molecule has 15 rings (SSSR count). The Kier molecular flexibility index (Phi) is 7.10. The van der Waals surface area contributed by atoms with Crippen LogP contribution in [0, 0.1) is 0 Å². The minimum Gasteiger partial charge on any atom is -0.456 e. The van der Waals surface area contributed by atoms with Crippen LogP contribution in [-0.4, -0.2) is 19.5 Å². The third-order valence-corrected chi connectivity index (χ3v) is 13.4. The molecule has 0 amide bonds. The highest BCUT2D eigenvalue weighted by atomic mass is 16.3. The topological polar surface area (TPSA) is 83.0 Å². The number of hydrogen-bond donors (Lipinski definition) is 0. The predicted molar refractivity (Wildman–Crippen MR) is 267 cm³/mol. The molecule has 7 heteroatoms. The van der Waals surface area contributed by atoms with Crippen LogP contribution in [0.15, 0.2) is 207 Å².